The molecule has 0 saturated carbocycles. The minimum absolute atomic E-state index is 0.411. The molecule has 0 heterocycles. The number of carbonyl (C=O) groups excluding carboxylic acids is 1. The van der Waals surface area contributed by atoms with Crippen LogP contribution in [0, 0.1) is 0 Å². The normalized spacial score (nSPS) is 11.7. The van der Waals surface area contributed by atoms with Gasteiger partial charge in [0.05, 0.1) is 7.11 Å². The average molecular weight is 379 g/mol. The zero-order chi connectivity index (χ0) is 20.1. The summed E-state index contributed by atoms with van der Waals surface area (Å²) < 4.78 is 10.4. The Kier molecular flexibility index (Phi) is 10.1. The monoisotopic (exact) mass is 378 g/mol. The van der Waals surface area contributed by atoms with Crippen molar-refractivity contribution in [3.63, 3.8) is 0 Å². The van der Waals surface area contributed by atoms with Crippen molar-refractivity contribution >= 4 is 12.1 Å². The first-order valence-corrected chi connectivity index (χ1v) is 9.46. The van der Waals surface area contributed by atoms with E-state index in [1.165, 1.54) is 5.56 Å². The number of amides is 1. The summed E-state index contributed by atoms with van der Waals surface area (Å²) in [5.41, 5.74) is 0.781. The Hall–Kier alpha value is -2.44. The highest BCUT2D eigenvalue weighted by Gasteiger charge is 2.15. The fraction of sp³-hybridized carbons (Fsp3) is 0.600. The maximum Gasteiger partial charge on any atom is 0.407 e. The molecule has 0 radical (unpaired) electrons. The first kappa shape index (κ1) is 22.6. The second-order valence-electron chi connectivity index (χ2n) is 7.07. The Labute approximate surface area is 162 Å². The number of carbonyl (C=O) groups is 1. The van der Waals surface area contributed by atoms with E-state index in [0.29, 0.717) is 13.1 Å². The maximum absolute atomic E-state index is 11.6. The molecule has 0 aliphatic heterocycles. The molecule has 152 valence electrons. The third-order valence-corrected chi connectivity index (χ3v) is 3.48. The van der Waals surface area contributed by atoms with Crippen LogP contribution >= 0.6 is 0 Å². The molecule has 1 amide bonds. The highest BCUT2D eigenvalue weighted by molar-refractivity contribution is 5.79. The Morgan fingerprint density at radius 3 is 2.33 bits per heavy atom. The van der Waals surface area contributed by atoms with Crippen molar-refractivity contribution in [2.75, 3.05) is 33.3 Å². The molecular formula is C20H34N4O3. The summed E-state index contributed by atoms with van der Waals surface area (Å²) in [6, 6.07) is 8.10. The number of benzene rings is 1. The van der Waals surface area contributed by atoms with E-state index in [0.717, 1.165) is 37.6 Å². The van der Waals surface area contributed by atoms with E-state index in [1.54, 1.807) is 7.11 Å². The number of hydrogen-bond donors (Lipinski definition) is 3. The van der Waals surface area contributed by atoms with Gasteiger partial charge < -0.3 is 25.4 Å². The molecule has 7 nitrogen and oxygen atoms in total. The van der Waals surface area contributed by atoms with E-state index >= 15 is 0 Å². The third-order valence-electron chi connectivity index (χ3n) is 3.48. The van der Waals surface area contributed by atoms with E-state index in [1.807, 2.05) is 39.8 Å². The highest BCUT2D eigenvalue weighted by atomic mass is 16.6. The predicted octanol–water partition coefficient (Wildman–Crippen LogP) is 2.71. The molecule has 0 aliphatic rings. The summed E-state index contributed by atoms with van der Waals surface area (Å²) in [6.45, 7) is 10.1. The van der Waals surface area contributed by atoms with Gasteiger partial charge in [0.15, 0.2) is 5.96 Å². The van der Waals surface area contributed by atoms with Gasteiger partial charge in [0, 0.05) is 26.2 Å². The summed E-state index contributed by atoms with van der Waals surface area (Å²) in [4.78, 5) is 16.2. The third kappa shape index (κ3) is 11.0. The molecule has 0 aliphatic carbocycles. The lowest BCUT2D eigenvalue weighted by atomic mass is 10.1. The van der Waals surface area contributed by atoms with Gasteiger partial charge in [-0.3, -0.25) is 4.99 Å². The molecule has 0 fully saturated rings. The van der Waals surface area contributed by atoms with Crippen LogP contribution in [-0.4, -0.2) is 50.9 Å². The topological polar surface area (TPSA) is 84.0 Å². The quantitative estimate of drug-likeness (QED) is 0.350. The Bertz CT molecular complexity index is 580. The highest BCUT2D eigenvalue weighted by Crippen LogP contribution is 2.12. The number of hydrogen-bond acceptors (Lipinski definition) is 4. The van der Waals surface area contributed by atoms with E-state index in [2.05, 4.69) is 33.1 Å². The van der Waals surface area contributed by atoms with Gasteiger partial charge in [0.2, 0.25) is 0 Å². The number of alkyl carbamates (subject to hydrolysis) is 1. The van der Waals surface area contributed by atoms with Crippen molar-refractivity contribution in [1.29, 1.82) is 0 Å². The summed E-state index contributed by atoms with van der Waals surface area (Å²) >= 11 is 0. The minimum atomic E-state index is -0.488. The number of rotatable bonds is 9. The molecule has 1 rings (SSSR count). The van der Waals surface area contributed by atoms with Gasteiger partial charge in [-0.2, -0.15) is 0 Å². The van der Waals surface area contributed by atoms with Gasteiger partial charge in [-0.25, -0.2) is 4.79 Å². The van der Waals surface area contributed by atoms with E-state index in [4.69, 9.17) is 9.47 Å². The first-order chi connectivity index (χ1) is 12.8. The minimum Gasteiger partial charge on any atom is -0.497 e. The van der Waals surface area contributed by atoms with Gasteiger partial charge >= 0.3 is 6.09 Å². The SMILES string of the molecule is CCNC(=NCCCc1ccc(OC)cc1)NCCNC(=O)OC(C)(C)C. The Balaban J connectivity index is 2.29. The molecule has 3 N–H and O–H groups in total. The van der Waals surface area contributed by atoms with Crippen LogP contribution in [0.1, 0.15) is 39.7 Å². The fourth-order valence-electron chi connectivity index (χ4n) is 2.27. The van der Waals surface area contributed by atoms with Crippen molar-refractivity contribution in [3.8, 4) is 5.75 Å². The molecule has 7 heteroatoms. The van der Waals surface area contributed by atoms with Gasteiger partial charge in [-0.05, 0) is 58.2 Å². The van der Waals surface area contributed by atoms with Crippen LogP contribution in [0.3, 0.4) is 0 Å². The van der Waals surface area contributed by atoms with Crippen molar-refractivity contribution in [3.05, 3.63) is 29.8 Å². The van der Waals surface area contributed by atoms with Gasteiger partial charge in [-0.15, -0.1) is 0 Å². The van der Waals surface area contributed by atoms with E-state index in [9.17, 15) is 4.79 Å². The van der Waals surface area contributed by atoms with Crippen molar-refractivity contribution in [2.45, 2.75) is 46.1 Å². The van der Waals surface area contributed by atoms with Gasteiger partial charge in [0.25, 0.3) is 0 Å². The number of aliphatic imine (C=N–C) groups is 1. The zero-order valence-corrected chi connectivity index (χ0v) is 17.2. The van der Waals surface area contributed by atoms with Gasteiger partial charge in [-0.1, -0.05) is 12.1 Å². The molecule has 0 aromatic heterocycles. The molecular weight excluding hydrogens is 344 g/mol. The average Bonchev–Trinajstić information content (AvgIpc) is 2.61. The first-order valence-electron chi connectivity index (χ1n) is 9.46. The largest absolute Gasteiger partial charge is 0.497 e. The predicted molar refractivity (Wildman–Crippen MR) is 110 cm³/mol. The number of aryl methyl sites for hydroxylation is 1. The number of methoxy groups -OCH3 is 1. The Morgan fingerprint density at radius 2 is 1.74 bits per heavy atom. The van der Waals surface area contributed by atoms with E-state index in [-0.39, 0.29) is 0 Å². The molecule has 1 aromatic rings. The smallest absolute Gasteiger partial charge is 0.407 e. The lowest BCUT2D eigenvalue weighted by Crippen LogP contribution is -2.42. The maximum atomic E-state index is 11.6. The second-order valence-corrected chi connectivity index (χ2v) is 7.07. The lowest BCUT2D eigenvalue weighted by molar-refractivity contribution is 0.0529. The van der Waals surface area contributed by atoms with Gasteiger partial charge in [0.1, 0.15) is 11.4 Å². The fourth-order valence-corrected chi connectivity index (χ4v) is 2.27. The zero-order valence-electron chi connectivity index (χ0n) is 17.2. The van der Waals surface area contributed by atoms with Crippen molar-refractivity contribution < 1.29 is 14.3 Å². The molecule has 0 spiro atoms. The molecule has 0 saturated heterocycles. The van der Waals surface area contributed by atoms with Crippen LogP contribution in [0.15, 0.2) is 29.3 Å². The molecule has 0 unspecified atom stereocenters. The summed E-state index contributed by atoms with van der Waals surface area (Å²) in [5, 5.41) is 9.12. The van der Waals surface area contributed by atoms with Crippen LogP contribution < -0.4 is 20.7 Å². The van der Waals surface area contributed by atoms with E-state index < -0.39 is 11.7 Å². The van der Waals surface area contributed by atoms with Crippen LogP contribution in [0.5, 0.6) is 5.75 Å². The standard InChI is InChI=1S/C20H34N4O3/c1-6-21-18(23-14-15-24-19(25)27-20(2,3)4)22-13-7-8-16-9-11-17(26-5)12-10-16/h9-12H,6-8,13-15H2,1-5H3,(H,24,25)(H2,21,22,23). The number of guanidine groups is 1. The van der Waals surface area contributed by atoms with Crippen molar-refractivity contribution in [1.82, 2.24) is 16.0 Å². The molecule has 0 bridgehead atoms. The molecule has 27 heavy (non-hydrogen) atoms. The van der Waals surface area contributed by atoms with Crippen LogP contribution in [-0.2, 0) is 11.2 Å². The molecule has 1 aromatic carbocycles. The number of ether oxygens (including phenoxy) is 2. The molecule has 0 atom stereocenters. The second kappa shape index (κ2) is 12.0. The summed E-state index contributed by atoms with van der Waals surface area (Å²) in [7, 11) is 1.67. The van der Waals surface area contributed by atoms with Crippen LogP contribution in [0.2, 0.25) is 0 Å². The van der Waals surface area contributed by atoms with Crippen LogP contribution in [0.4, 0.5) is 4.79 Å². The van der Waals surface area contributed by atoms with Crippen LogP contribution in [0.25, 0.3) is 0 Å². The summed E-state index contributed by atoms with van der Waals surface area (Å²) in [6.07, 6.45) is 1.51. The number of nitrogens with zero attached hydrogens (tertiary/aromatic N) is 1. The summed E-state index contributed by atoms with van der Waals surface area (Å²) in [5.74, 6) is 1.62. The lowest BCUT2D eigenvalue weighted by Gasteiger charge is -2.19. The number of nitrogens with one attached hydrogen (secondary N) is 3. The Morgan fingerprint density at radius 1 is 1.07 bits per heavy atom. The van der Waals surface area contributed by atoms with Crippen molar-refractivity contribution in [2.24, 2.45) is 4.99 Å².